The summed E-state index contributed by atoms with van der Waals surface area (Å²) in [7, 11) is 0. The van der Waals surface area contributed by atoms with Crippen LogP contribution < -0.4 is 5.32 Å². The number of benzene rings is 1. The topological polar surface area (TPSA) is 64.8 Å². The highest BCUT2D eigenvalue weighted by Gasteiger charge is 2.17. The number of rotatable bonds is 7. The Morgan fingerprint density at radius 3 is 2.86 bits per heavy atom. The predicted octanol–water partition coefficient (Wildman–Crippen LogP) is 2.56. The number of hydrogen-bond donors (Lipinski definition) is 1. The maximum Gasteiger partial charge on any atom is 0.272 e. The Balaban J connectivity index is 1.93. The molecule has 0 radical (unpaired) electrons. The van der Waals surface area contributed by atoms with Crippen molar-refractivity contribution in [3.63, 3.8) is 0 Å². The van der Waals surface area contributed by atoms with Gasteiger partial charge >= 0.3 is 0 Å². The second-order valence-corrected chi connectivity index (χ2v) is 5.20. The second-order valence-electron chi connectivity index (χ2n) is 5.20. The van der Waals surface area contributed by atoms with Gasteiger partial charge in [0.15, 0.2) is 0 Å². The molecule has 116 valence electrons. The summed E-state index contributed by atoms with van der Waals surface area (Å²) in [5, 5.41) is 3.18. The van der Waals surface area contributed by atoms with Crippen LogP contribution in [0.3, 0.4) is 0 Å². The molecule has 0 aliphatic rings. The third-order valence-electron chi connectivity index (χ3n) is 3.64. The van der Waals surface area contributed by atoms with E-state index in [-0.39, 0.29) is 0 Å². The van der Waals surface area contributed by atoms with Crippen LogP contribution in [0.2, 0.25) is 0 Å². The van der Waals surface area contributed by atoms with Gasteiger partial charge in [-0.3, -0.25) is 5.32 Å². The zero-order chi connectivity index (χ0) is 15.4. The summed E-state index contributed by atoms with van der Waals surface area (Å²) >= 11 is 0. The van der Waals surface area contributed by atoms with Gasteiger partial charge in [-0.05, 0) is 19.1 Å². The number of furan rings is 1. The van der Waals surface area contributed by atoms with Crippen LogP contribution in [-0.2, 0) is 11.2 Å². The first-order valence-corrected chi connectivity index (χ1v) is 7.92. The maximum atomic E-state index is 5.97. The molecule has 5 heteroatoms. The van der Waals surface area contributed by atoms with Gasteiger partial charge in [0.25, 0.3) is 5.82 Å². The van der Waals surface area contributed by atoms with Gasteiger partial charge in [0.05, 0.1) is 13.2 Å². The minimum atomic E-state index is 0.765. The summed E-state index contributed by atoms with van der Waals surface area (Å²) < 4.78 is 11.3. The van der Waals surface area contributed by atoms with E-state index in [2.05, 4.69) is 22.2 Å². The number of para-hydroxylation sites is 1. The van der Waals surface area contributed by atoms with Gasteiger partial charge in [0.1, 0.15) is 16.9 Å². The lowest BCUT2D eigenvalue weighted by molar-refractivity contribution is -0.574. The first-order chi connectivity index (χ1) is 10.8. The van der Waals surface area contributed by atoms with Gasteiger partial charge in [-0.2, -0.15) is 4.98 Å². The first kappa shape index (κ1) is 14.9. The van der Waals surface area contributed by atoms with Crippen LogP contribution in [0.4, 0.5) is 5.82 Å². The van der Waals surface area contributed by atoms with E-state index in [4.69, 9.17) is 9.15 Å². The Labute approximate surface area is 129 Å². The summed E-state index contributed by atoms with van der Waals surface area (Å²) in [5.74, 6) is 1.75. The maximum absolute atomic E-state index is 5.97. The summed E-state index contributed by atoms with van der Waals surface area (Å²) in [5.41, 5.74) is 2.57. The van der Waals surface area contributed by atoms with E-state index in [1.807, 2.05) is 31.2 Å². The molecule has 22 heavy (non-hydrogen) atoms. The SMILES string of the molecule is CCOCCC[NH2+]c1nc(CC)nc2c1oc1ccccc12. The van der Waals surface area contributed by atoms with Crippen molar-refractivity contribution in [2.45, 2.75) is 26.7 Å². The lowest BCUT2D eigenvalue weighted by Gasteiger charge is -2.03. The van der Waals surface area contributed by atoms with Gasteiger partial charge in [0, 0.05) is 24.8 Å². The molecule has 0 bridgehead atoms. The molecule has 0 unspecified atom stereocenters. The Kier molecular flexibility index (Phi) is 4.65. The summed E-state index contributed by atoms with van der Waals surface area (Å²) in [6.45, 7) is 6.55. The third-order valence-corrected chi connectivity index (χ3v) is 3.64. The van der Waals surface area contributed by atoms with Crippen molar-refractivity contribution in [3.8, 4) is 0 Å². The number of nitrogens with zero attached hydrogens (tertiary/aromatic N) is 2. The number of fused-ring (bicyclic) bond motifs is 3. The number of hydrogen-bond acceptors (Lipinski definition) is 4. The van der Waals surface area contributed by atoms with Crippen molar-refractivity contribution in [3.05, 3.63) is 30.1 Å². The number of aryl methyl sites for hydroxylation is 1. The standard InChI is InChI=1S/C17H21N3O2/c1-3-14-19-15-12-8-5-6-9-13(12)22-16(15)17(20-14)18-10-7-11-21-4-2/h5-6,8-9H,3-4,7,10-11H2,1-2H3,(H,18,19,20)/p+1. The summed E-state index contributed by atoms with van der Waals surface area (Å²) in [6, 6.07) is 8.01. The van der Waals surface area contributed by atoms with Crippen LogP contribution in [0.15, 0.2) is 28.7 Å². The Hall–Kier alpha value is -1.98. The van der Waals surface area contributed by atoms with E-state index in [1.165, 1.54) is 0 Å². The molecule has 5 nitrogen and oxygen atoms in total. The second kappa shape index (κ2) is 6.85. The highest BCUT2D eigenvalue weighted by molar-refractivity contribution is 6.04. The minimum Gasteiger partial charge on any atom is -0.446 e. The minimum absolute atomic E-state index is 0.765. The fraction of sp³-hybridized carbons (Fsp3) is 0.412. The molecule has 2 aromatic heterocycles. The van der Waals surface area contributed by atoms with Crippen LogP contribution in [0.1, 0.15) is 26.1 Å². The molecule has 0 aliphatic heterocycles. The molecule has 2 N–H and O–H groups in total. The third kappa shape index (κ3) is 2.96. The zero-order valence-corrected chi connectivity index (χ0v) is 13.1. The number of aromatic nitrogens is 2. The van der Waals surface area contributed by atoms with Crippen molar-refractivity contribution in [1.29, 1.82) is 0 Å². The van der Waals surface area contributed by atoms with Crippen LogP contribution in [0.25, 0.3) is 22.1 Å². The van der Waals surface area contributed by atoms with Gasteiger partial charge in [-0.1, -0.05) is 19.1 Å². The molecule has 0 spiro atoms. The smallest absolute Gasteiger partial charge is 0.272 e. The lowest BCUT2D eigenvalue weighted by Crippen LogP contribution is -2.78. The molecule has 1 aromatic carbocycles. The number of ether oxygens (including phenoxy) is 1. The molecule has 0 aliphatic carbocycles. The molecular formula is C17H22N3O2+. The largest absolute Gasteiger partial charge is 0.446 e. The van der Waals surface area contributed by atoms with Crippen molar-refractivity contribution in [2.24, 2.45) is 0 Å². The summed E-state index contributed by atoms with van der Waals surface area (Å²) in [4.78, 5) is 9.28. The molecule has 0 amide bonds. The van der Waals surface area contributed by atoms with E-state index in [1.54, 1.807) is 0 Å². The molecule has 0 fully saturated rings. The fourth-order valence-corrected chi connectivity index (χ4v) is 2.53. The van der Waals surface area contributed by atoms with Crippen molar-refractivity contribution < 1.29 is 14.5 Å². The van der Waals surface area contributed by atoms with Gasteiger partial charge in [-0.25, -0.2) is 4.98 Å². The van der Waals surface area contributed by atoms with Crippen molar-refractivity contribution in [2.75, 3.05) is 19.8 Å². The normalized spacial score (nSPS) is 11.5. The van der Waals surface area contributed by atoms with Crippen LogP contribution in [0, 0.1) is 0 Å². The van der Waals surface area contributed by atoms with E-state index >= 15 is 0 Å². The van der Waals surface area contributed by atoms with Crippen LogP contribution >= 0.6 is 0 Å². The number of quaternary nitrogens is 1. The van der Waals surface area contributed by atoms with Crippen LogP contribution in [0.5, 0.6) is 0 Å². The van der Waals surface area contributed by atoms with E-state index in [0.717, 1.165) is 66.3 Å². The molecule has 0 saturated carbocycles. The summed E-state index contributed by atoms with van der Waals surface area (Å²) in [6.07, 6.45) is 1.80. The number of nitrogens with two attached hydrogens (primary N) is 1. The van der Waals surface area contributed by atoms with Gasteiger partial charge in [0.2, 0.25) is 5.58 Å². The molecular weight excluding hydrogens is 278 g/mol. The molecule has 3 rings (SSSR count). The fourth-order valence-electron chi connectivity index (χ4n) is 2.53. The first-order valence-electron chi connectivity index (χ1n) is 7.92. The van der Waals surface area contributed by atoms with Crippen molar-refractivity contribution >= 4 is 27.9 Å². The average Bonchev–Trinajstić information content (AvgIpc) is 2.93. The van der Waals surface area contributed by atoms with E-state index < -0.39 is 0 Å². The van der Waals surface area contributed by atoms with Crippen LogP contribution in [-0.4, -0.2) is 29.7 Å². The highest BCUT2D eigenvalue weighted by atomic mass is 16.5. The lowest BCUT2D eigenvalue weighted by atomic mass is 10.2. The molecule has 3 aromatic rings. The average molecular weight is 300 g/mol. The molecule has 2 heterocycles. The molecule has 0 saturated heterocycles. The predicted molar refractivity (Wildman–Crippen MR) is 86.3 cm³/mol. The zero-order valence-electron chi connectivity index (χ0n) is 13.1. The van der Waals surface area contributed by atoms with Gasteiger partial charge < -0.3 is 9.15 Å². The Morgan fingerprint density at radius 2 is 2.05 bits per heavy atom. The van der Waals surface area contributed by atoms with E-state index in [9.17, 15) is 0 Å². The monoisotopic (exact) mass is 300 g/mol. The highest BCUT2D eigenvalue weighted by Crippen LogP contribution is 2.29. The van der Waals surface area contributed by atoms with E-state index in [0.29, 0.717) is 0 Å². The van der Waals surface area contributed by atoms with Gasteiger partial charge in [-0.15, -0.1) is 0 Å². The molecule has 0 atom stereocenters. The Morgan fingerprint density at radius 1 is 1.18 bits per heavy atom. The quantitative estimate of drug-likeness (QED) is 0.681. The van der Waals surface area contributed by atoms with Crippen molar-refractivity contribution in [1.82, 2.24) is 9.97 Å². The Bertz CT molecular complexity index is 767.